The van der Waals surface area contributed by atoms with Gasteiger partial charge in [0.15, 0.2) is 0 Å². The second-order valence-corrected chi connectivity index (χ2v) is 7.23. The number of allylic oxidation sites excluding steroid dienone is 1. The van der Waals surface area contributed by atoms with Crippen LogP contribution in [0.2, 0.25) is 0 Å². The number of hydrogen-bond acceptors (Lipinski definition) is 5. The van der Waals surface area contributed by atoms with Gasteiger partial charge in [0.25, 0.3) is 11.8 Å². The third kappa shape index (κ3) is 6.42. The summed E-state index contributed by atoms with van der Waals surface area (Å²) in [6, 6.07) is 4.97. The van der Waals surface area contributed by atoms with Gasteiger partial charge in [0, 0.05) is 32.7 Å². The second-order valence-electron chi connectivity index (χ2n) is 7.23. The van der Waals surface area contributed by atoms with E-state index < -0.39 is 0 Å². The van der Waals surface area contributed by atoms with Gasteiger partial charge >= 0.3 is 0 Å². The van der Waals surface area contributed by atoms with Gasteiger partial charge in [-0.05, 0) is 44.2 Å². The Morgan fingerprint density at radius 1 is 1.04 bits per heavy atom. The largest absolute Gasteiger partial charge is 0.379 e. The Hall–Kier alpha value is -2.25. The lowest BCUT2D eigenvalue weighted by atomic mass is 9.97. The Balaban J connectivity index is 1.43. The van der Waals surface area contributed by atoms with Gasteiger partial charge in [0.05, 0.1) is 13.2 Å². The van der Waals surface area contributed by atoms with E-state index in [1.807, 2.05) is 0 Å². The lowest BCUT2D eigenvalue weighted by molar-refractivity contribution is 0.0383. The lowest BCUT2D eigenvalue weighted by Crippen LogP contribution is -2.41. The Labute approximate surface area is 166 Å². The van der Waals surface area contributed by atoms with E-state index in [0.29, 0.717) is 13.1 Å². The second kappa shape index (κ2) is 10.9. The van der Waals surface area contributed by atoms with Crippen molar-refractivity contribution in [3.8, 4) is 0 Å². The Kier molecular flexibility index (Phi) is 7.99. The maximum absolute atomic E-state index is 12.3. The number of rotatable bonds is 8. The summed E-state index contributed by atoms with van der Waals surface area (Å²) in [5, 5.41) is 5.78. The quantitative estimate of drug-likeness (QED) is 0.665. The predicted molar refractivity (Wildman–Crippen MR) is 107 cm³/mol. The molecule has 2 amide bonds. The van der Waals surface area contributed by atoms with Crippen LogP contribution in [0.25, 0.3) is 0 Å². The summed E-state index contributed by atoms with van der Waals surface area (Å²) in [5.41, 5.74) is 1.97. The maximum atomic E-state index is 12.3. The monoisotopic (exact) mass is 386 g/mol. The highest BCUT2D eigenvalue weighted by atomic mass is 16.5. The van der Waals surface area contributed by atoms with Gasteiger partial charge < -0.3 is 15.4 Å². The zero-order chi connectivity index (χ0) is 19.6. The molecule has 28 heavy (non-hydrogen) atoms. The first-order valence-corrected chi connectivity index (χ1v) is 10.2. The first-order chi connectivity index (χ1) is 13.7. The molecule has 1 saturated heterocycles. The topological polar surface area (TPSA) is 83.6 Å². The SMILES string of the molecule is O=C(NCCC1=CCCCC1)c1cccc(C(=O)NCCN2CCOCC2)n1. The number of carbonyl (C=O) groups excluding carboxylic acids is 2. The Morgan fingerprint density at radius 2 is 1.75 bits per heavy atom. The van der Waals surface area contributed by atoms with Crippen LogP contribution in [0.1, 0.15) is 53.1 Å². The molecule has 0 aromatic carbocycles. The standard InChI is InChI=1S/C21H30N4O3/c26-20(22-10-9-17-5-2-1-3-6-17)18-7-4-8-19(24-18)21(27)23-11-12-25-13-15-28-16-14-25/h4-5,7-8H,1-3,6,9-16H2,(H,22,26)(H,23,27). The van der Waals surface area contributed by atoms with Gasteiger partial charge in [0.2, 0.25) is 0 Å². The summed E-state index contributed by atoms with van der Waals surface area (Å²) in [7, 11) is 0. The van der Waals surface area contributed by atoms with Gasteiger partial charge in [-0.25, -0.2) is 4.98 Å². The number of nitrogens with one attached hydrogen (secondary N) is 2. The van der Waals surface area contributed by atoms with Gasteiger partial charge in [-0.3, -0.25) is 14.5 Å². The molecule has 0 saturated carbocycles. The predicted octanol–water partition coefficient (Wildman–Crippen LogP) is 1.76. The molecule has 2 N–H and O–H groups in total. The first-order valence-electron chi connectivity index (χ1n) is 10.2. The highest BCUT2D eigenvalue weighted by molar-refractivity contribution is 5.96. The third-order valence-corrected chi connectivity index (χ3v) is 5.15. The van der Waals surface area contributed by atoms with Crippen LogP contribution in [-0.4, -0.2) is 67.6 Å². The molecule has 1 aliphatic carbocycles. The minimum Gasteiger partial charge on any atom is -0.379 e. The summed E-state index contributed by atoms with van der Waals surface area (Å²) in [6.07, 6.45) is 7.95. The minimum absolute atomic E-state index is 0.237. The van der Waals surface area contributed by atoms with Crippen LogP contribution in [0.3, 0.4) is 0 Å². The van der Waals surface area contributed by atoms with E-state index in [4.69, 9.17) is 4.74 Å². The van der Waals surface area contributed by atoms with Crippen molar-refractivity contribution in [1.82, 2.24) is 20.5 Å². The van der Waals surface area contributed by atoms with E-state index in [2.05, 4.69) is 26.6 Å². The van der Waals surface area contributed by atoms with E-state index >= 15 is 0 Å². The van der Waals surface area contributed by atoms with E-state index in [0.717, 1.165) is 52.1 Å². The smallest absolute Gasteiger partial charge is 0.269 e. The number of aromatic nitrogens is 1. The van der Waals surface area contributed by atoms with Crippen molar-refractivity contribution in [2.24, 2.45) is 0 Å². The average Bonchev–Trinajstić information content (AvgIpc) is 2.75. The molecule has 7 nitrogen and oxygen atoms in total. The van der Waals surface area contributed by atoms with Crippen molar-refractivity contribution in [3.05, 3.63) is 41.2 Å². The van der Waals surface area contributed by atoms with Crippen molar-refractivity contribution in [2.75, 3.05) is 45.9 Å². The molecule has 2 heterocycles. The van der Waals surface area contributed by atoms with Crippen LogP contribution in [-0.2, 0) is 4.74 Å². The van der Waals surface area contributed by atoms with Crippen molar-refractivity contribution in [3.63, 3.8) is 0 Å². The number of hydrogen-bond donors (Lipinski definition) is 2. The number of morpholine rings is 1. The van der Waals surface area contributed by atoms with Crippen molar-refractivity contribution >= 4 is 11.8 Å². The molecule has 0 atom stereocenters. The van der Waals surface area contributed by atoms with Gasteiger partial charge in [0.1, 0.15) is 11.4 Å². The number of ether oxygens (including phenoxy) is 1. The maximum Gasteiger partial charge on any atom is 0.269 e. The van der Waals surface area contributed by atoms with Crippen molar-refractivity contribution in [2.45, 2.75) is 32.1 Å². The van der Waals surface area contributed by atoms with Crippen LogP contribution in [0.5, 0.6) is 0 Å². The highest BCUT2D eigenvalue weighted by Crippen LogP contribution is 2.19. The Morgan fingerprint density at radius 3 is 2.43 bits per heavy atom. The van der Waals surface area contributed by atoms with E-state index in [1.165, 1.54) is 18.4 Å². The van der Waals surface area contributed by atoms with Gasteiger partial charge in [-0.15, -0.1) is 0 Å². The average molecular weight is 386 g/mol. The van der Waals surface area contributed by atoms with Crippen molar-refractivity contribution < 1.29 is 14.3 Å². The van der Waals surface area contributed by atoms with Crippen LogP contribution in [0.4, 0.5) is 0 Å². The molecule has 2 aliphatic rings. The number of carbonyl (C=O) groups is 2. The molecule has 0 bridgehead atoms. The zero-order valence-corrected chi connectivity index (χ0v) is 16.4. The zero-order valence-electron chi connectivity index (χ0n) is 16.4. The molecular weight excluding hydrogens is 356 g/mol. The molecule has 1 fully saturated rings. The molecule has 0 radical (unpaired) electrons. The molecule has 7 heteroatoms. The van der Waals surface area contributed by atoms with E-state index in [-0.39, 0.29) is 23.2 Å². The van der Waals surface area contributed by atoms with Crippen LogP contribution in [0, 0.1) is 0 Å². The minimum atomic E-state index is -0.254. The van der Waals surface area contributed by atoms with E-state index in [1.54, 1.807) is 18.2 Å². The number of amides is 2. The first kappa shape index (κ1) is 20.5. The third-order valence-electron chi connectivity index (χ3n) is 5.15. The molecule has 1 aromatic rings. The lowest BCUT2D eigenvalue weighted by Gasteiger charge is -2.26. The van der Waals surface area contributed by atoms with Crippen molar-refractivity contribution in [1.29, 1.82) is 0 Å². The Bertz CT molecular complexity index is 699. The fourth-order valence-corrected chi connectivity index (χ4v) is 3.49. The molecule has 0 spiro atoms. The van der Waals surface area contributed by atoms with Crippen LogP contribution in [0.15, 0.2) is 29.8 Å². The van der Waals surface area contributed by atoms with Gasteiger partial charge in [-0.1, -0.05) is 17.7 Å². The van der Waals surface area contributed by atoms with Gasteiger partial charge in [-0.2, -0.15) is 0 Å². The summed E-state index contributed by atoms with van der Waals surface area (Å²) in [4.78, 5) is 31.1. The molecule has 0 unspecified atom stereocenters. The molecule has 1 aliphatic heterocycles. The summed E-state index contributed by atoms with van der Waals surface area (Å²) >= 11 is 0. The molecular formula is C21H30N4O3. The van der Waals surface area contributed by atoms with E-state index in [9.17, 15) is 9.59 Å². The number of nitrogens with zero attached hydrogens (tertiary/aromatic N) is 2. The normalized spacial score (nSPS) is 17.6. The fourth-order valence-electron chi connectivity index (χ4n) is 3.49. The number of pyridine rings is 1. The molecule has 152 valence electrons. The fraction of sp³-hybridized carbons (Fsp3) is 0.571. The highest BCUT2D eigenvalue weighted by Gasteiger charge is 2.14. The van der Waals surface area contributed by atoms with Crippen LogP contribution >= 0.6 is 0 Å². The summed E-state index contributed by atoms with van der Waals surface area (Å²) in [5.74, 6) is -0.491. The summed E-state index contributed by atoms with van der Waals surface area (Å²) < 4.78 is 5.31. The summed E-state index contributed by atoms with van der Waals surface area (Å²) in [6.45, 7) is 5.19. The molecule has 3 rings (SSSR count). The van der Waals surface area contributed by atoms with Crippen LogP contribution < -0.4 is 10.6 Å². The molecule has 1 aromatic heterocycles.